The second kappa shape index (κ2) is 6.10. The number of ether oxygens (including phenoxy) is 1. The van der Waals surface area contributed by atoms with E-state index in [2.05, 4.69) is 11.9 Å². The maximum absolute atomic E-state index is 11.6. The summed E-state index contributed by atoms with van der Waals surface area (Å²) >= 11 is 5.75. The van der Waals surface area contributed by atoms with Gasteiger partial charge in [-0.2, -0.15) is 0 Å². The molecular weight excluding hydrogens is 216 g/mol. The minimum atomic E-state index is -0.241. The van der Waals surface area contributed by atoms with Gasteiger partial charge < -0.3 is 10.1 Å². The molecule has 86 valence electrons. The van der Waals surface area contributed by atoms with Crippen LogP contribution in [-0.4, -0.2) is 49.7 Å². The maximum Gasteiger partial charge on any atom is 0.324 e. The molecule has 0 radical (unpaired) electrons. The van der Waals surface area contributed by atoms with E-state index in [1.54, 1.807) is 6.92 Å². The number of carbonyl (C=O) groups is 1. The summed E-state index contributed by atoms with van der Waals surface area (Å²) in [4.78, 5) is 13.6. The van der Waals surface area contributed by atoms with E-state index in [0.29, 0.717) is 24.7 Å². The lowest BCUT2D eigenvalue weighted by molar-refractivity contribution is -0.149. The second-order valence-corrected chi connectivity index (χ2v) is 3.99. The average molecular weight is 233 g/mol. The van der Waals surface area contributed by atoms with E-state index in [0.717, 1.165) is 13.1 Å². The SMILES string of the molecule is C=C(Cl)CN1CCNCC1C(=O)OCC. The molecule has 1 fully saturated rings. The summed E-state index contributed by atoms with van der Waals surface area (Å²) in [6, 6.07) is -0.241. The number of hydrogen-bond donors (Lipinski definition) is 1. The number of carbonyl (C=O) groups excluding carboxylic acids is 1. The molecule has 1 atom stereocenters. The van der Waals surface area contributed by atoms with Crippen molar-refractivity contribution < 1.29 is 9.53 Å². The smallest absolute Gasteiger partial charge is 0.324 e. The normalized spacial score (nSPS) is 22.4. The fourth-order valence-corrected chi connectivity index (χ4v) is 1.78. The third-order valence-corrected chi connectivity index (χ3v) is 2.41. The summed E-state index contributed by atoms with van der Waals surface area (Å²) in [6.45, 7) is 8.65. The molecule has 1 N–H and O–H groups in total. The van der Waals surface area contributed by atoms with E-state index < -0.39 is 0 Å². The Morgan fingerprint density at radius 1 is 1.73 bits per heavy atom. The summed E-state index contributed by atoms with van der Waals surface area (Å²) in [5, 5.41) is 3.71. The van der Waals surface area contributed by atoms with Crippen molar-refractivity contribution in [2.24, 2.45) is 0 Å². The molecule has 15 heavy (non-hydrogen) atoms. The molecule has 0 bridgehead atoms. The Bertz CT molecular complexity index is 246. The van der Waals surface area contributed by atoms with Gasteiger partial charge in [-0.1, -0.05) is 18.2 Å². The third-order valence-electron chi connectivity index (χ3n) is 2.29. The number of nitrogens with zero attached hydrogens (tertiary/aromatic N) is 1. The molecule has 1 heterocycles. The molecule has 0 aromatic rings. The van der Waals surface area contributed by atoms with Crippen molar-refractivity contribution in [3.05, 3.63) is 11.6 Å². The Balaban J connectivity index is 2.56. The number of nitrogens with one attached hydrogen (secondary N) is 1. The summed E-state index contributed by atoms with van der Waals surface area (Å²) in [5.74, 6) is -0.192. The summed E-state index contributed by atoms with van der Waals surface area (Å²) < 4.78 is 5.00. The van der Waals surface area contributed by atoms with Crippen LogP contribution in [0.1, 0.15) is 6.92 Å². The number of esters is 1. The topological polar surface area (TPSA) is 41.6 Å². The zero-order chi connectivity index (χ0) is 11.3. The Hall–Kier alpha value is -0.580. The van der Waals surface area contributed by atoms with Crippen LogP contribution in [0, 0.1) is 0 Å². The molecule has 1 saturated heterocycles. The first-order valence-electron chi connectivity index (χ1n) is 5.09. The highest BCUT2D eigenvalue weighted by molar-refractivity contribution is 6.29. The molecular formula is C10H17ClN2O2. The molecule has 1 unspecified atom stereocenters. The Kier molecular flexibility index (Phi) is 5.08. The van der Waals surface area contributed by atoms with Crippen molar-refractivity contribution in [2.75, 3.05) is 32.8 Å². The van der Waals surface area contributed by atoms with Crippen molar-refractivity contribution in [3.8, 4) is 0 Å². The maximum atomic E-state index is 11.6. The molecule has 5 heteroatoms. The van der Waals surface area contributed by atoms with E-state index in [1.807, 2.05) is 4.90 Å². The van der Waals surface area contributed by atoms with Gasteiger partial charge >= 0.3 is 5.97 Å². The van der Waals surface area contributed by atoms with Crippen molar-refractivity contribution in [1.82, 2.24) is 10.2 Å². The van der Waals surface area contributed by atoms with Gasteiger partial charge in [0, 0.05) is 31.2 Å². The van der Waals surface area contributed by atoms with Crippen molar-refractivity contribution >= 4 is 17.6 Å². The van der Waals surface area contributed by atoms with Crippen LogP contribution in [-0.2, 0) is 9.53 Å². The summed E-state index contributed by atoms with van der Waals surface area (Å²) in [6.07, 6.45) is 0. The second-order valence-electron chi connectivity index (χ2n) is 3.46. The van der Waals surface area contributed by atoms with Crippen LogP contribution in [0.2, 0.25) is 0 Å². The largest absolute Gasteiger partial charge is 0.465 e. The van der Waals surface area contributed by atoms with Crippen LogP contribution in [0.15, 0.2) is 11.6 Å². The quantitative estimate of drug-likeness (QED) is 0.720. The van der Waals surface area contributed by atoms with Gasteiger partial charge in [-0.05, 0) is 6.92 Å². The lowest BCUT2D eigenvalue weighted by atomic mass is 10.2. The van der Waals surface area contributed by atoms with Gasteiger partial charge in [-0.15, -0.1) is 0 Å². The van der Waals surface area contributed by atoms with Crippen LogP contribution in [0.4, 0.5) is 0 Å². The first-order valence-corrected chi connectivity index (χ1v) is 5.47. The Morgan fingerprint density at radius 2 is 2.47 bits per heavy atom. The first-order chi connectivity index (χ1) is 7.15. The van der Waals surface area contributed by atoms with Crippen LogP contribution in [0.25, 0.3) is 0 Å². The van der Waals surface area contributed by atoms with Gasteiger partial charge in [0.2, 0.25) is 0 Å². The summed E-state index contributed by atoms with van der Waals surface area (Å²) in [5.41, 5.74) is 0. The lowest BCUT2D eigenvalue weighted by Crippen LogP contribution is -2.55. The number of hydrogen-bond acceptors (Lipinski definition) is 4. The van der Waals surface area contributed by atoms with Crippen LogP contribution >= 0.6 is 11.6 Å². The third kappa shape index (κ3) is 3.81. The molecule has 0 aliphatic carbocycles. The van der Waals surface area contributed by atoms with Gasteiger partial charge in [-0.25, -0.2) is 0 Å². The van der Waals surface area contributed by atoms with E-state index in [9.17, 15) is 4.79 Å². The van der Waals surface area contributed by atoms with Gasteiger partial charge in [0.25, 0.3) is 0 Å². The molecule has 0 saturated carbocycles. The summed E-state index contributed by atoms with van der Waals surface area (Å²) in [7, 11) is 0. The fraction of sp³-hybridized carbons (Fsp3) is 0.700. The van der Waals surface area contributed by atoms with Gasteiger partial charge in [-0.3, -0.25) is 9.69 Å². The Morgan fingerprint density at radius 3 is 3.07 bits per heavy atom. The minimum absolute atomic E-state index is 0.192. The monoisotopic (exact) mass is 232 g/mol. The minimum Gasteiger partial charge on any atom is -0.465 e. The highest BCUT2D eigenvalue weighted by Gasteiger charge is 2.29. The fourth-order valence-electron chi connectivity index (χ4n) is 1.63. The van der Waals surface area contributed by atoms with Crippen molar-refractivity contribution in [1.29, 1.82) is 0 Å². The number of rotatable bonds is 4. The molecule has 0 aromatic carbocycles. The highest BCUT2D eigenvalue weighted by atomic mass is 35.5. The van der Waals surface area contributed by atoms with E-state index in [4.69, 9.17) is 16.3 Å². The zero-order valence-electron chi connectivity index (χ0n) is 8.96. The predicted molar refractivity (Wildman–Crippen MR) is 59.9 cm³/mol. The Labute approximate surface area is 95.2 Å². The molecule has 1 aliphatic rings. The van der Waals surface area contributed by atoms with Crippen LogP contribution < -0.4 is 5.32 Å². The van der Waals surface area contributed by atoms with Crippen molar-refractivity contribution in [3.63, 3.8) is 0 Å². The molecule has 0 aromatic heterocycles. The van der Waals surface area contributed by atoms with E-state index in [-0.39, 0.29) is 12.0 Å². The molecule has 0 spiro atoms. The standard InChI is InChI=1S/C10H17ClN2O2/c1-3-15-10(14)9-6-12-4-5-13(9)7-8(2)11/h9,12H,2-7H2,1H3. The molecule has 1 aliphatic heterocycles. The van der Waals surface area contributed by atoms with Gasteiger partial charge in [0.05, 0.1) is 6.61 Å². The zero-order valence-corrected chi connectivity index (χ0v) is 9.72. The first kappa shape index (κ1) is 12.5. The van der Waals surface area contributed by atoms with Gasteiger partial charge in [0.1, 0.15) is 6.04 Å². The molecule has 4 nitrogen and oxygen atoms in total. The molecule has 1 rings (SSSR count). The van der Waals surface area contributed by atoms with E-state index >= 15 is 0 Å². The van der Waals surface area contributed by atoms with Crippen LogP contribution in [0.5, 0.6) is 0 Å². The number of piperazine rings is 1. The number of halogens is 1. The van der Waals surface area contributed by atoms with Gasteiger partial charge in [0.15, 0.2) is 0 Å². The highest BCUT2D eigenvalue weighted by Crippen LogP contribution is 2.09. The van der Waals surface area contributed by atoms with E-state index in [1.165, 1.54) is 0 Å². The molecule has 0 amide bonds. The predicted octanol–water partition coefficient (Wildman–Crippen LogP) is 0.576. The van der Waals surface area contributed by atoms with Crippen molar-refractivity contribution in [2.45, 2.75) is 13.0 Å². The lowest BCUT2D eigenvalue weighted by Gasteiger charge is -2.34. The van der Waals surface area contributed by atoms with Crippen LogP contribution in [0.3, 0.4) is 0 Å². The average Bonchev–Trinajstić information content (AvgIpc) is 2.18.